The van der Waals surface area contributed by atoms with Gasteiger partial charge in [0, 0.05) is 20.1 Å². The molecule has 0 bridgehead atoms. The maximum absolute atomic E-state index is 12.7. The molecule has 0 saturated carbocycles. The van der Waals surface area contributed by atoms with E-state index < -0.39 is 11.7 Å². The first-order valence-corrected chi connectivity index (χ1v) is 9.59. The zero-order chi connectivity index (χ0) is 22.0. The maximum atomic E-state index is 12.7. The number of ether oxygens (including phenoxy) is 1. The topological polar surface area (TPSA) is 67.4 Å². The van der Waals surface area contributed by atoms with Crippen LogP contribution < -0.4 is 15.0 Å². The van der Waals surface area contributed by atoms with Crippen LogP contribution in [0.25, 0.3) is 0 Å². The van der Waals surface area contributed by atoms with Gasteiger partial charge in [-0.25, -0.2) is 4.98 Å². The average Bonchev–Trinajstić information content (AvgIpc) is 2.78. The highest BCUT2D eigenvalue weighted by Crippen LogP contribution is 2.32. The van der Waals surface area contributed by atoms with Gasteiger partial charge in [0.15, 0.2) is 0 Å². The van der Waals surface area contributed by atoms with E-state index in [0.717, 1.165) is 36.2 Å². The molecule has 6 nitrogen and oxygen atoms in total. The van der Waals surface area contributed by atoms with E-state index in [9.17, 15) is 18.0 Å². The van der Waals surface area contributed by atoms with Gasteiger partial charge in [-0.1, -0.05) is 6.07 Å². The van der Waals surface area contributed by atoms with E-state index in [1.54, 1.807) is 12.3 Å². The van der Waals surface area contributed by atoms with Crippen molar-refractivity contribution < 1.29 is 22.7 Å². The summed E-state index contributed by atoms with van der Waals surface area (Å²) in [5.74, 6) is 1.15. The van der Waals surface area contributed by atoms with Gasteiger partial charge in [0.1, 0.15) is 23.0 Å². The van der Waals surface area contributed by atoms with E-state index in [-0.39, 0.29) is 11.6 Å². The monoisotopic (exact) mass is 428 g/mol. The molecule has 1 aromatic heterocycles. The third kappa shape index (κ3) is 4.60. The van der Waals surface area contributed by atoms with Crippen molar-refractivity contribution in [2.24, 2.45) is 0 Å². The van der Waals surface area contributed by atoms with Crippen molar-refractivity contribution in [3.63, 3.8) is 0 Å². The molecule has 2 heterocycles. The number of hydrogen-bond donors (Lipinski definition) is 1. The zero-order valence-electron chi connectivity index (χ0n) is 16.6. The lowest BCUT2D eigenvalue weighted by Crippen LogP contribution is -2.32. The number of nitrogens with one attached hydrogen (secondary N) is 1. The Labute approximate surface area is 176 Å². The number of hydrogen-bond acceptors (Lipinski definition) is 5. The Morgan fingerprint density at radius 1 is 1.06 bits per heavy atom. The number of rotatable bonds is 4. The van der Waals surface area contributed by atoms with E-state index in [1.165, 1.54) is 25.4 Å². The lowest BCUT2D eigenvalue weighted by molar-refractivity contribution is -0.137. The highest BCUT2D eigenvalue weighted by Gasteiger charge is 2.30. The molecule has 1 N–H and O–H groups in total. The van der Waals surface area contributed by atoms with Gasteiger partial charge >= 0.3 is 6.18 Å². The summed E-state index contributed by atoms with van der Waals surface area (Å²) in [5.41, 5.74) is 1.69. The van der Waals surface area contributed by atoms with Crippen LogP contribution in [0.3, 0.4) is 0 Å². The molecule has 4 rings (SSSR count). The van der Waals surface area contributed by atoms with E-state index in [2.05, 4.69) is 15.3 Å². The summed E-state index contributed by atoms with van der Waals surface area (Å²) in [6.45, 7) is 1.27. The van der Waals surface area contributed by atoms with Crippen molar-refractivity contribution in [3.8, 4) is 11.5 Å². The van der Waals surface area contributed by atoms with Crippen molar-refractivity contribution in [2.75, 3.05) is 18.5 Å². The number of amides is 1. The van der Waals surface area contributed by atoms with Gasteiger partial charge in [-0.2, -0.15) is 13.2 Å². The summed E-state index contributed by atoms with van der Waals surface area (Å²) in [7, 11) is 1.53. The molecule has 2 aromatic carbocycles. The Bertz CT molecular complexity index is 1100. The second kappa shape index (κ2) is 8.25. The van der Waals surface area contributed by atoms with Crippen molar-refractivity contribution in [1.29, 1.82) is 0 Å². The number of halogens is 3. The SMILES string of the molecule is CNC(=O)c1cncc(N2CCc3ccc(Oc4ccc(C(F)(F)F)cc4)cc3C2)n1. The number of anilines is 1. The highest BCUT2D eigenvalue weighted by atomic mass is 19.4. The van der Waals surface area contributed by atoms with Crippen LogP contribution in [0.15, 0.2) is 54.9 Å². The number of benzene rings is 2. The second-order valence-corrected chi connectivity index (χ2v) is 7.07. The molecule has 0 atom stereocenters. The van der Waals surface area contributed by atoms with Gasteiger partial charge in [0.25, 0.3) is 5.91 Å². The van der Waals surface area contributed by atoms with Crippen molar-refractivity contribution in [3.05, 3.63) is 77.2 Å². The standard InChI is InChI=1S/C22H19F3N4O2/c1-26-21(30)19-11-27-12-20(28-19)29-9-8-14-2-5-18(10-15(14)13-29)31-17-6-3-16(4-7-17)22(23,24)25/h2-7,10-12H,8-9,13H2,1H3,(H,26,30). The Hall–Kier alpha value is -3.62. The molecule has 0 aliphatic carbocycles. The van der Waals surface area contributed by atoms with Gasteiger partial charge < -0.3 is 15.0 Å². The molecule has 0 unspecified atom stereocenters. The number of aromatic nitrogens is 2. The van der Waals surface area contributed by atoms with Crippen LogP contribution in [0.1, 0.15) is 27.2 Å². The number of carbonyl (C=O) groups excluding carboxylic acids is 1. The maximum Gasteiger partial charge on any atom is 0.416 e. The third-order valence-electron chi connectivity index (χ3n) is 5.01. The van der Waals surface area contributed by atoms with E-state index in [0.29, 0.717) is 23.9 Å². The number of nitrogens with zero attached hydrogens (tertiary/aromatic N) is 3. The Balaban J connectivity index is 1.51. The fraction of sp³-hybridized carbons (Fsp3) is 0.227. The minimum absolute atomic E-state index is 0.241. The fourth-order valence-electron chi connectivity index (χ4n) is 3.39. The molecule has 9 heteroatoms. The first-order valence-electron chi connectivity index (χ1n) is 9.59. The smallest absolute Gasteiger partial charge is 0.416 e. The Morgan fingerprint density at radius 3 is 2.52 bits per heavy atom. The molecule has 0 spiro atoms. The van der Waals surface area contributed by atoms with E-state index in [1.807, 2.05) is 17.0 Å². The van der Waals surface area contributed by atoms with Gasteiger partial charge in [0.2, 0.25) is 0 Å². The summed E-state index contributed by atoms with van der Waals surface area (Å²) >= 11 is 0. The van der Waals surface area contributed by atoms with Gasteiger partial charge in [-0.15, -0.1) is 0 Å². The van der Waals surface area contributed by atoms with Crippen LogP contribution in [-0.2, 0) is 19.1 Å². The first-order chi connectivity index (χ1) is 14.8. The normalized spacial score (nSPS) is 13.5. The summed E-state index contributed by atoms with van der Waals surface area (Å²) in [6.07, 6.45) is -0.580. The van der Waals surface area contributed by atoms with Crippen LogP contribution in [0, 0.1) is 0 Å². The predicted molar refractivity (Wildman–Crippen MR) is 108 cm³/mol. The molecule has 3 aromatic rings. The largest absolute Gasteiger partial charge is 0.457 e. The predicted octanol–water partition coefficient (Wildman–Crippen LogP) is 4.21. The van der Waals surface area contributed by atoms with Gasteiger partial charge in [-0.3, -0.25) is 9.78 Å². The molecular weight excluding hydrogens is 409 g/mol. The lowest BCUT2D eigenvalue weighted by atomic mass is 9.99. The van der Waals surface area contributed by atoms with Crippen molar-refractivity contribution in [2.45, 2.75) is 19.1 Å². The minimum Gasteiger partial charge on any atom is -0.457 e. The second-order valence-electron chi connectivity index (χ2n) is 7.07. The van der Waals surface area contributed by atoms with E-state index >= 15 is 0 Å². The third-order valence-corrected chi connectivity index (χ3v) is 5.01. The minimum atomic E-state index is -4.38. The average molecular weight is 428 g/mol. The molecule has 1 amide bonds. The molecule has 1 aliphatic rings. The quantitative estimate of drug-likeness (QED) is 0.674. The zero-order valence-corrected chi connectivity index (χ0v) is 16.6. The van der Waals surface area contributed by atoms with Gasteiger partial charge in [0.05, 0.1) is 18.0 Å². The summed E-state index contributed by atoms with van der Waals surface area (Å²) in [5, 5.41) is 2.53. The number of fused-ring (bicyclic) bond motifs is 1. The summed E-state index contributed by atoms with van der Waals surface area (Å²) < 4.78 is 43.9. The van der Waals surface area contributed by atoms with Crippen LogP contribution in [-0.4, -0.2) is 29.5 Å². The van der Waals surface area contributed by atoms with Crippen LogP contribution in [0.5, 0.6) is 11.5 Å². The Morgan fingerprint density at radius 2 is 1.81 bits per heavy atom. The van der Waals surface area contributed by atoms with Crippen LogP contribution in [0.2, 0.25) is 0 Å². The van der Waals surface area contributed by atoms with Gasteiger partial charge in [-0.05, 0) is 53.9 Å². The van der Waals surface area contributed by atoms with Crippen LogP contribution >= 0.6 is 0 Å². The molecule has 31 heavy (non-hydrogen) atoms. The highest BCUT2D eigenvalue weighted by molar-refractivity contribution is 5.92. The summed E-state index contributed by atoms with van der Waals surface area (Å²) in [6, 6.07) is 10.2. The molecule has 160 valence electrons. The molecule has 1 aliphatic heterocycles. The molecule has 0 saturated heterocycles. The first kappa shape index (κ1) is 20.6. The van der Waals surface area contributed by atoms with Crippen molar-refractivity contribution >= 4 is 11.7 Å². The molecule has 0 fully saturated rings. The lowest BCUT2D eigenvalue weighted by Gasteiger charge is -2.30. The fourth-order valence-corrected chi connectivity index (χ4v) is 3.39. The Kier molecular flexibility index (Phi) is 5.50. The van der Waals surface area contributed by atoms with E-state index in [4.69, 9.17) is 4.74 Å². The van der Waals surface area contributed by atoms with Crippen LogP contribution in [0.4, 0.5) is 19.0 Å². The molecule has 0 radical (unpaired) electrons. The number of carbonyl (C=O) groups is 1. The van der Waals surface area contributed by atoms with Crippen molar-refractivity contribution in [1.82, 2.24) is 15.3 Å². The molecular formula is C22H19F3N4O2. The number of alkyl halides is 3. The summed E-state index contributed by atoms with van der Waals surface area (Å²) in [4.78, 5) is 22.3.